The predicted molar refractivity (Wildman–Crippen MR) is 72.2 cm³/mol. The lowest BCUT2D eigenvalue weighted by Gasteiger charge is -2.08. The normalized spacial score (nSPS) is 10.0. The van der Waals surface area contributed by atoms with Crippen molar-refractivity contribution in [3.63, 3.8) is 0 Å². The molecule has 0 spiro atoms. The molecule has 0 fully saturated rings. The second kappa shape index (κ2) is 6.15. The summed E-state index contributed by atoms with van der Waals surface area (Å²) < 4.78 is 4.66. The number of benzene rings is 1. The van der Waals surface area contributed by atoms with Gasteiger partial charge >= 0.3 is 5.97 Å². The molecule has 0 amide bonds. The van der Waals surface area contributed by atoms with E-state index in [1.54, 1.807) is 24.4 Å². The average molecular weight is 278 g/mol. The summed E-state index contributed by atoms with van der Waals surface area (Å²) >= 11 is 5.94. The van der Waals surface area contributed by atoms with Gasteiger partial charge in [0.15, 0.2) is 0 Å². The molecule has 98 valence electrons. The van der Waals surface area contributed by atoms with Crippen molar-refractivity contribution in [1.82, 2.24) is 9.97 Å². The van der Waals surface area contributed by atoms with Gasteiger partial charge in [-0.1, -0.05) is 11.6 Å². The Labute approximate surface area is 115 Å². The molecule has 2 rings (SSSR count). The highest BCUT2D eigenvalue weighted by molar-refractivity contribution is 6.33. The molecule has 1 aromatic carbocycles. The van der Waals surface area contributed by atoms with E-state index in [2.05, 4.69) is 20.0 Å². The lowest BCUT2D eigenvalue weighted by molar-refractivity contribution is 0.0601. The molecule has 0 saturated heterocycles. The van der Waals surface area contributed by atoms with Gasteiger partial charge in [-0.3, -0.25) is 0 Å². The summed E-state index contributed by atoms with van der Waals surface area (Å²) in [4.78, 5) is 19.4. The fraction of sp³-hybridized carbons (Fsp3) is 0.154. The van der Waals surface area contributed by atoms with Crippen molar-refractivity contribution in [2.75, 3.05) is 12.4 Å². The number of ether oxygens (including phenoxy) is 1. The number of nitrogens with one attached hydrogen (secondary N) is 1. The molecule has 1 aromatic heterocycles. The van der Waals surface area contributed by atoms with Gasteiger partial charge in [0.2, 0.25) is 0 Å². The minimum absolute atomic E-state index is 0.330. The number of esters is 1. The van der Waals surface area contributed by atoms with Crippen molar-refractivity contribution in [1.29, 1.82) is 0 Å². The molecule has 0 atom stereocenters. The Balaban J connectivity index is 2.11. The van der Waals surface area contributed by atoms with Gasteiger partial charge in [-0.2, -0.15) is 0 Å². The van der Waals surface area contributed by atoms with Crippen molar-refractivity contribution in [2.24, 2.45) is 0 Å². The molecule has 5 nitrogen and oxygen atoms in total. The zero-order valence-corrected chi connectivity index (χ0v) is 11.0. The van der Waals surface area contributed by atoms with Crippen molar-refractivity contribution >= 4 is 23.3 Å². The van der Waals surface area contributed by atoms with Crippen molar-refractivity contribution < 1.29 is 9.53 Å². The zero-order chi connectivity index (χ0) is 13.7. The van der Waals surface area contributed by atoms with E-state index in [1.807, 2.05) is 6.07 Å². The molecule has 0 bridgehead atoms. The zero-order valence-electron chi connectivity index (χ0n) is 10.3. The van der Waals surface area contributed by atoms with E-state index in [9.17, 15) is 4.79 Å². The molecule has 0 aliphatic carbocycles. The van der Waals surface area contributed by atoms with Crippen LogP contribution in [0.1, 0.15) is 16.1 Å². The van der Waals surface area contributed by atoms with Crippen LogP contribution in [0.5, 0.6) is 0 Å². The molecule has 0 saturated carbocycles. The van der Waals surface area contributed by atoms with Gasteiger partial charge in [0.1, 0.15) is 6.33 Å². The van der Waals surface area contributed by atoms with Crippen LogP contribution in [0.4, 0.5) is 5.69 Å². The maximum atomic E-state index is 11.5. The summed E-state index contributed by atoms with van der Waals surface area (Å²) in [6, 6.07) is 6.89. The Hall–Kier alpha value is -2.14. The minimum atomic E-state index is -0.462. The molecular formula is C13H12ClN3O2. The van der Waals surface area contributed by atoms with Gasteiger partial charge in [0.25, 0.3) is 0 Å². The fourth-order valence-corrected chi connectivity index (χ4v) is 1.71. The van der Waals surface area contributed by atoms with Crippen LogP contribution in [0.25, 0.3) is 0 Å². The molecule has 0 aliphatic heterocycles. The van der Waals surface area contributed by atoms with Crippen LogP contribution in [0.2, 0.25) is 5.02 Å². The molecule has 19 heavy (non-hydrogen) atoms. The van der Waals surface area contributed by atoms with Crippen LogP contribution in [0.3, 0.4) is 0 Å². The number of carbonyl (C=O) groups is 1. The van der Waals surface area contributed by atoms with E-state index in [0.29, 0.717) is 17.1 Å². The van der Waals surface area contributed by atoms with Crippen LogP contribution in [-0.2, 0) is 11.3 Å². The highest BCUT2D eigenvalue weighted by atomic mass is 35.5. The number of rotatable bonds is 4. The summed E-state index contributed by atoms with van der Waals surface area (Å²) in [5.41, 5.74) is 1.95. The maximum absolute atomic E-state index is 11.5. The number of aromatic nitrogens is 2. The molecular weight excluding hydrogens is 266 g/mol. The summed E-state index contributed by atoms with van der Waals surface area (Å²) in [7, 11) is 1.32. The molecule has 1 N–H and O–H groups in total. The van der Waals surface area contributed by atoms with Gasteiger partial charge in [-0.15, -0.1) is 0 Å². The Bertz CT molecular complexity index is 575. The smallest absolute Gasteiger partial charge is 0.339 e. The number of halogens is 1. The highest BCUT2D eigenvalue weighted by Crippen LogP contribution is 2.21. The number of hydrogen-bond donors (Lipinski definition) is 1. The monoisotopic (exact) mass is 277 g/mol. The molecule has 2 aromatic rings. The van der Waals surface area contributed by atoms with Crippen molar-refractivity contribution in [3.05, 3.63) is 53.1 Å². The van der Waals surface area contributed by atoms with Crippen molar-refractivity contribution in [3.8, 4) is 0 Å². The summed E-state index contributed by atoms with van der Waals surface area (Å²) in [6.07, 6.45) is 3.16. The largest absolute Gasteiger partial charge is 0.465 e. The second-order valence-electron chi connectivity index (χ2n) is 3.74. The van der Waals surface area contributed by atoms with E-state index >= 15 is 0 Å². The third-order valence-corrected chi connectivity index (χ3v) is 2.82. The van der Waals surface area contributed by atoms with E-state index in [0.717, 1.165) is 11.4 Å². The number of methoxy groups -OCH3 is 1. The third kappa shape index (κ3) is 3.42. The van der Waals surface area contributed by atoms with Gasteiger partial charge in [0.05, 0.1) is 29.9 Å². The first-order valence-corrected chi connectivity index (χ1v) is 5.95. The number of nitrogens with zero attached hydrogens (tertiary/aromatic N) is 2. The van der Waals surface area contributed by atoms with Crippen LogP contribution in [-0.4, -0.2) is 23.0 Å². The Morgan fingerprint density at radius 1 is 1.42 bits per heavy atom. The topological polar surface area (TPSA) is 64.1 Å². The maximum Gasteiger partial charge on any atom is 0.339 e. The Morgan fingerprint density at radius 2 is 2.26 bits per heavy atom. The molecule has 0 aliphatic rings. The average Bonchev–Trinajstić information content (AvgIpc) is 2.46. The second-order valence-corrected chi connectivity index (χ2v) is 4.15. The number of anilines is 1. The summed E-state index contributed by atoms with van der Waals surface area (Å²) in [5, 5.41) is 3.51. The Kier molecular flexibility index (Phi) is 4.30. The first-order chi connectivity index (χ1) is 9.20. The van der Waals surface area contributed by atoms with E-state index in [1.165, 1.54) is 13.4 Å². The summed E-state index contributed by atoms with van der Waals surface area (Å²) in [6.45, 7) is 0.533. The first-order valence-electron chi connectivity index (χ1n) is 5.57. The summed E-state index contributed by atoms with van der Waals surface area (Å²) in [5.74, 6) is -0.462. The fourth-order valence-electron chi connectivity index (χ4n) is 1.52. The molecule has 0 unspecified atom stereocenters. The quantitative estimate of drug-likeness (QED) is 0.870. The van der Waals surface area contributed by atoms with Crippen LogP contribution in [0, 0.1) is 0 Å². The first kappa shape index (κ1) is 13.3. The third-order valence-electron chi connectivity index (χ3n) is 2.49. The standard InChI is InChI=1S/C13H12ClN3O2/c1-19-13(18)11-6-9(2-3-12(11)14)16-7-10-4-5-15-8-17-10/h2-6,8,16H,7H2,1H3. The van der Waals surface area contributed by atoms with Gasteiger partial charge in [0, 0.05) is 11.9 Å². The number of hydrogen-bond acceptors (Lipinski definition) is 5. The van der Waals surface area contributed by atoms with Gasteiger partial charge < -0.3 is 10.1 Å². The molecule has 1 heterocycles. The van der Waals surface area contributed by atoms with E-state index in [4.69, 9.17) is 11.6 Å². The lowest BCUT2D eigenvalue weighted by Crippen LogP contribution is -2.05. The van der Waals surface area contributed by atoms with Crippen LogP contribution in [0.15, 0.2) is 36.8 Å². The van der Waals surface area contributed by atoms with E-state index in [-0.39, 0.29) is 0 Å². The van der Waals surface area contributed by atoms with Crippen molar-refractivity contribution in [2.45, 2.75) is 6.54 Å². The highest BCUT2D eigenvalue weighted by Gasteiger charge is 2.11. The lowest BCUT2D eigenvalue weighted by atomic mass is 10.2. The van der Waals surface area contributed by atoms with Gasteiger partial charge in [-0.25, -0.2) is 14.8 Å². The van der Waals surface area contributed by atoms with Crippen LogP contribution >= 0.6 is 11.6 Å². The number of carbonyl (C=O) groups excluding carboxylic acids is 1. The Morgan fingerprint density at radius 3 is 2.95 bits per heavy atom. The van der Waals surface area contributed by atoms with E-state index < -0.39 is 5.97 Å². The molecule has 6 heteroatoms. The SMILES string of the molecule is COC(=O)c1cc(NCc2ccncn2)ccc1Cl. The molecule has 0 radical (unpaired) electrons. The minimum Gasteiger partial charge on any atom is -0.465 e. The predicted octanol–water partition coefficient (Wildman–Crippen LogP) is 2.53. The van der Waals surface area contributed by atoms with Gasteiger partial charge in [-0.05, 0) is 24.3 Å². The van der Waals surface area contributed by atoms with Crippen LogP contribution < -0.4 is 5.32 Å².